The number of carbonyl (C=O) groups excluding carboxylic acids is 2. The lowest BCUT2D eigenvalue weighted by atomic mass is 10.1. The number of imidazole rings is 1. The van der Waals surface area contributed by atoms with Crippen LogP contribution in [0.15, 0.2) is 72.9 Å². The minimum absolute atomic E-state index is 0.0734. The minimum atomic E-state index is -1.13. The van der Waals surface area contributed by atoms with Crippen LogP contribution in [0.25, 0.3) is 16.9 Å². The number of benzene rings is 2. The number of aromatic nitrogens is 2. The van der Waals surface area contributed by atoms with E-state index in [9.17, 15) is 14.4 Å². The minimum Gasteiger partial charge on any atom is -0.480 e. The van der Waals surface area contributed by atoms with Crippen LogP contribution in [-0.4, -0.2) is 38.8 Å². The highest BCUT2D eigenvalue weighted by atomic mass is 35.5. The maximum absolute atomic E-state index is 12.8. The normalized spacial score (nSPS) is 10.7. The highest BCUT2D eigenvalue weighted by molar-refractivity contribution is 6.30. The first-order chi connectivity index (χ1) is 15.9. The van der Waals surface area contributed by atoms with Gasteiger partial charge in [-0.3, -0.25) is 14.4 Å². The Morgan fingerprint density at radius 2 is 1.70 bits per heavy atom. The molecule has 2 aromatic heterocycles. The molecule has 2 amide bonds. The number of halogens is 1. The molecule has 8 nitrogen and oxygen atoms in total. The van der Waals surface area contributed by atoms with Gasteiger partial charge in [0.05, 0.1) is 17.8 Å². The van der Waals surface area contributed by atoms with Crippen LogP contribution in [0.2, 0.25) is 5.02 Å². The van der Waals surface area contributed by atoms with E-state index < -0.39 is 18.4 Å². The van der Waals surface area contributed by atoms with Gasteiger partial charge in [0, 0.05) is 28.0 Å². The molecule has 0 aliphatic carbocycles. The summed E-state index contributed by atoms with van der Waals surface area (Å²) in [6.45, 7) is -0.466. The van der Waals surface area contributed by atoms with Crippen LogP contribution in [0.1, 0.15) is 16.1 Å². The Morgan fingerprint density at radius 1 is 0.970 bits per heavy atom. The molecule has 0 saturated carbocycles. The lowest BCUT2D eigenvalue weighted by Gasteiger charge is -2.08. The summed E-state index contributed by atoms with van der Waals surface area (Å²) in [5.41, 5.74) is 3.80. The number of hydrogen-bond acceptors (Lipinski definition) is 4. The van der Waals surface area contributed by atoms with Gasteiger partial charge in [-0.25, -0.2) is 4.98 Å². The zero-order chi connectivity index (χ0) is 23.4. The van der Waals surface area contributed by atoms with Crippen LogP contribution in [0.5, 0.6) is 0 Å². The maximum Gasteiger partial charge on any atom is 0.322 e. The number of nitrogens with zero attached hydrogens (tertiary/aromatic N) is 2. The van der Waals surface area contributed by atoms with Gasteiger partial charge in [0.15, 0.2) is 0 Å². The van der Waals surface area contributed by atoms with E-state index in [0.717, 1.165) is 16.9 Å². The number of carbonyl (C=O) groups is 3. The number of pyridine rings is 1. The molecule has 0 aliphatic heterocycles. The monoisotopic (exact) mass is 462 g/mol. The molecule has 3 N–H and O–H groups in total. The first kappa shape index (κ1) is 22.0. The lowest BCUT2D eigenvalue weighted by Crippen LogP contribution is -2.29. The number of amides is 2. The van der Waals surface area contributed by atoms with E-state index >= 15 is 0 Å². The van der Waals surface area contributed by atoms with Crippen LogP contribution < -0.4 is 10.6 Å². The first-order valence-corrected chi connectivity index (χ1v) is 10.4. The fraction of sp³-hybridized carbons (Fsp3) is 0.0833. The molecule has 0 bridgehead atoms. The van der Waals surface area contributed by atoms with E-state index in [1.165, 1.54) is 12.1 Å². The van der Waals surface area contributed by atoms with Gasteiger partial charge in [0.1, 0.15) is 12.2 Å². The van der Waals surface area contributed by atoms with E-state index in [2.05, 4.69) is 15.6 Å². The van der Waals surface area contributed by atoms with E-state index in [-0.39, 0.29) is 12.3 Å². The van der Waals surface area contributed by atoms with E-state index in [1.807, 2.05) is 40.9 Å². The number of rotatable bonds is 7. The smallest absolute Gasteiger partial charge is 0.322 e. The van der Waals surface area contributed by atoms with Crippen molar-refractivity contribution in [3.05, 3.63) is 89.2 Å². The second kappa shape index (κ2) is 9.54. The van der Waals surface area contributed by atoms with Gasteiger partial charge in [0.25, 0.3) is 5.91 Å². The number of hydrogen-bond donors (Lipinski definition) is 3. The number of carboxylic acid groups (broad SMARTS) is 1. The summed E-state index contributed by atoms with van der Waals surface area (Å²) in [7, 11) is 0. The molecule has 0 saturated heterocycles. The number of nitrogens with one attached hydrogen (secondary N) is 2. The van der Waals surface area contributed by atoms with Crippen LogP contribution >= 0.6 is 11.6 Å². The Balaban J connectivity index is 1.52. The highest BCUT2D eigenvalue weighted by Crippen LogP contribution is 2.26. The molecule has 0 radical (unpaired) electrons. The molecular weight excluding hydrogens is 444 g/mol. The molecule has 4 aromatic rings. The fourth-order valence-electron chi connectivity index (χ4n) is 3.37. The molecule has 2 aromatic carbocycles. The summed E-state index contributed by atoms with van der Waals surface area (Å²) in [5.74, 6) is -1.88. The predicted octanol–water partition coefficient (Wildman–Crippen LogP) is 3.65. The summed E-state index contributed by atoms with van der Waals surface area (Å²) in [6.07, 6.45) is 1.93. The van der Waals surface area contributed by atoms with Crippen molar-refractivity contribution in [1.82, 2.24) is 14.7 Å². The van der Waals surface area contributed by atoms with Gasteiger partial charge in [-0.1, -0.05) is 29.8 Å². The zero-order valence-corrected chi connectivity index (χ0v) is 18.0. The molecule has 0 fully saturated rings. The number of anilines is 1. The van der Waals surface area contributed by atoms with E-state index in [1.54, 1.807) is 24.3 Å². The van der Waals surface area contributed by atoms with Gasteiger partial charge in [-0.15, -0.1) is 0 Å². The van der Waals surface area contributed by atoms with Crippen LogP contribution in [-0.2, 0) is 16.0 Å². The summed E-state index contributed by atoms with van der Waals surface area (Å²) >= 11 is 6.01. The molecule has 9 heteroatoms. The Labute approximate surface area is 193 Å². The summed E-state index contributed by atoms with van der Waals surface area (Å²) < 4.78 is 1.87. The van der Waals surface area contributed by atoms with Crippen molar-refractivity contribution < 1.29 is 19.5 Å². The third-order valence-electron chi connectivity index (χ3n) is 4.91. The molecule has 166 valence electrons. The maximum atomic E-state index is 12.8. The highest BCUT2D eigenvalue weighted by Gasteiger charge is 2.17. The second-order valence-corrected chi connectivity index (χ2v) is 7.66. The number of aliphatic carboxylic acids is 1. The average molecular weight is 463 g/mol. The zero-order valence-electron chi connectivity index (χ0n) is 17.3. The van der Waals surface area contributed by atoms with Crippen molar-refractivity contribution >= 4 is 40.7 Å². The summed E-state index contributed by atoms with van der Waals surface area (Å²) in [5, 5.41) is 14.4. The molecule has 2 heterocycles. The summed E-state index contributed by atoms with van der Waals surface area (Å²) in [4.78, 5) is 40.0. The van der Waals surface area contributed by atoms with Gasteiger partial charge in [-0.05, 0) is 48.5 Å². The number of carboxylic acids is 1. The van der Waals surface area contributed by atoms with Crippen molar-refractivity contribution in [2.24, 2.45) is 0 Å². The SMILES string of the molecule is O=C(O)CNC(=O)c1ccc(NC(=O)Cc2c(-c3ccc(Cl)cc3)nc3ccccn23)cc1. The third kappa shape index (κ3) is 5.19. The third-order valence-corrected chi connectivity index (χ3v) is 5.16. The molecule has 0 aliphatic rings. The van der Waals surface area contributed by atoms with Crippen LogP contribution in [0, 0.1) is 0 Å². The molecular formula is C24H19ClN4O4. The second-order valence-electron chi connectivity index (χ2n) is 7.22. The van der Waals surface area contributed by atoms with Crippen molar-refractivity contribution in [2.75, 3.05) is 11.9 Å². The van der Waals surface area contributed by atoms with Gasteiger partial charge >= 0.3 is 5.97 Å². The van der Waals surface area contributed by atoms with Gasteiger partial charge < -0.3 is 20.1 Å². The largest absolute Gasteiger partial charge is 0.480 e. The standard InChI is InChI=1S/C24H19ClN4O4/c25-17-8-4-15(5-9-17)23-19(29-12-2-1-3-20(29)28-23)13-21(30)27-18-10-6-16(7-11-18)24(33)26-14-22(31)32/h1-12H,13-14H2,(H,26,33)(H,27,30)(H,31,32). The van der Waals surface area contributed by atoms with Crippen molar-refractivity contribution in [2.45, 2.75) is 6.42 Å². The Kier molecular flexibility index (Phi) is 6.37. The van der Waals surface area contributed by atoms with Gasteiger partial charge in [0.2, 0.25) is 5.91 Å². The van der Waals surface area contributed by atoms with Crippen LogP contribution in [0.3, 0.4) is 0 Å². The van der Waals surface area contributed by atoms with E-state index in [0.29, 0.717) is 22.0 Å². The molecule has 33 heavy (non-hydrogen) atoms. The van der Waals surface area contributed by atoms with Crippen molar-refractivity contribution in [1.29, 1.82) is 0 Å². The Morgan fingerprint density at radius 3 is 2.39 bits per heavy atom. The number of fused-ring (bicyclic) bond motifs is 1. The fourth-order valence-corrected chi connectivity index (χ4v) is 3.50. The molecule has 4 rings (SSSR count). The lowest BCUT2D eigenvalue weighted by molar-refractivity contribution is -0.135. The summed E-state index contributed by atoms with van der Waals surface area (Å²) in [6, 6.07) is 19.1. The first-order valence-electron chi connectivity index (χ1n) is 10.0. The molecule has 0 spiro atoms. The average Bonchev–Trinajstić information content (AvgIpc) is 3.16. The van der Waals surface area contributed by atoms with E-state index in [4.69, 9.17) is 16.7 Å². The van der Waals surface area contributed by atoms with Gasteiger partial charge in [-0.2, -0.15) is 0 Å². The van der Waals surface area contributed by atoms with Crippen molar-refractivity contribution in [3.8, 4) is 11.3 Å². The Bertz CT molecular complexity index is 1330. The molecule has 0 unspecified atom stereocenters. The van der Waals surface area contributed by atoms with Crippen LogP contribution in [0.4, 0.5) is 5.69 Å². The topological polar surface area (TPSA) is 113 Å². The Hall–Kier alpha value is -4.17. The quantitative estimate of drug-likeness (QED) is 0.388. The van der Waals surface area contributed by atoms with Crippen molar-refractivity contribution in [3.63, 3.8) is 0 Å². The molecule has 0 atom stereocenters. The predicted molar refractivity (Wildman–Crippen MR) is 124 cm³/mol.